The first-order valence-corrected chi connectivity index (χ1v) is 12.1. The van der Waals surface area contributed by atoms with Gasteiger partial charge in [0.2, 0.25) is 0 Å². The summed E-state index contributed by atoms with van der Waals surface area (Å²) in [5.74, 6) is -0.0660. The molecule has 3 aromatic rings. The van der Waals surface area contributed by atoms with E-state index in [9.17, 15) is 9.18 Å². The van der Waals surface area contributed by atoms with E-state index in [0.29, 0.717) is 40.3 Å². The first kappa shape index (κ1) is 27.8. The molecule has 1 fully saturated rings. The topological polar surface area (TPSA) is 105 Å². The molecule has 3 N–H and O–H groups in total. The quantitative estimate of drug-likeness (QED) is 0.378. The molecular weight excluding hydrogens is 471 g/mol. The zero-order chi connectivity index (χ0) is 26.6. The summed E-state index contributed by atoms with van der Waals surface area (Å²) in [5, 5.41) is 2.99. The first-order chi connectivity index (χ1) is 18.0. The van der Waals surface area contributed by atoms with Crippen molar-refractivity contribution in [3.63, 3.8) is 0 Å². The van der Waals surface area contributed by atoms with Crippen LogP contribution in [0, 0.1) is 12.7 Å². The summed E-state index contributed by atoms with van der Waals surface area (Å²) >= 11 is 0. The molecule has 37 heavy (non-hydrogen) atoms. The molecule has 0 aliphatic carbocycles. The third-order valence-electron chi connectivity index (χ3n) is 5.84. The van der Waals surface area contributed by atoms with Crippen LogP contribution in [0.2, 0.25) is 0 Å². The Morgan fingerprint density at radius 1 is 1.16 bits per heavy atom. The Morgan fingerprint density at radius 3 is 2.62 bits per heavy atom. The highest BCUT2D eigenvalue weighted by molar-refractivity contribution is 6.04. The Balaban J connectivity index is 0.00000186. The fourth-order valence-corrected chi connectivity index (χ4v) is 3.87. The molecule has 1 aliphatic heterocycles. The van der Waals surface area contributed by atoms with E-state index in [1.54, 1.807) is 55.7 Å². The molecule has 1 aliphatic rings. The third kappa shape index (κ3) is 7.60. The van der Waals surface area contributed by atoms with Crippen molar-refractivity contribution in [2.75, 3.05) is 46.4 Å². The molecule has 2 heterocycles. The molecule has 0 spiro atoms. The Labute approximate surface area is 217 Å². The maximum atomic E-state index is 14.0. The number of nitrogens with zero attached hydrogens (tertiary/aromatic N) is 4. The number of aromatic nitrogens is 1. The lowest BCUT2D eigenvalue weighted by atomic mass is 9.99. The minimum Gasteiger partial charge on any atom is -0.379 e. The summed E-state index contributed by atoms with van der Waals surface area (Å²) in [6.07, 6.45) is 3.33. The second-order valence-electron chi connectivity index (χ2n) is 8.24. The molecule has 2 aromatic carbocycles. The van der Waals surface area contributed by atoms with E-state index in [1.807, 2.05) is 6.07 Å². The summed E-state index contributed by atoms with van der Waals surface area (Å²) in [4.78, 5) is 28.1. The number of amides is 1. The van der Waals surface area contributed by atoms with Gasteiger partial charge in [0.25, 0.3) is 5.91 Å². The molecular formula is C28H33FN6O2. The third-order valence-corrected chi connectivity index (χ3v) is 5.84. The largest absolute Gasteiger partial charge is 0.379 e. The number of aryl methyl sites for hydroxylation is 1. The zero-order valence-electron chi connectivity index (χ0n) is 21.3. The van der Waals surface area contributed by atoms with E-state index in [-0.39, 0.29) is 11.7 Å². The molecule has 8 nitrogen and oxygen atoms in total. The summed E-state index contributed by atoms with van der Waals surface area (Å²) in [6, 6.07) is 13.8. The van der Waals surface area contributed by atoms with E-state index in [2.05, 4.69) is 32.6 Å². The van der Waals surface area contributed by atoms with Crippen molar-refractivity contribution in [2.45, 2.75) is 6.92 Å². The number of rotatable bonds is 7. The standard InChI is InChI=1S/C27H28FN5O2.CH5N/c1-19-16-20(5-7-24(19)28)23-17-21(27(34)31-10-11-33-12-14-35-15-13-33)6-8-25(23)32-26(29-2)22-4-3-9-30-18-22;1-2/h3-9,16-18H,2,10-15H2,1H3,(H,31,34);2H2,1H3. The van der Waals surface area contributed by atoms with Gasteiger partial charge in [0, 0.05) is 55.3 Å². The number of hydrogen-bond donors (Lipinski definition) is 2. The highest BCUT2D eigenvalue weighted by atomic mass is 19.1. The minimum absolute atomic E-state index is 0.178. The van der Waals surface area contributed by atoms with Crippen molar-refractivity contribution >= 4 is 24.1 Å². The van der Waals surface area contributed by atoms with Crippen LogP contribution in [0.4, 0.5) is 10.1 Å². The van der Waals surface area contributed by atoms with Crippen LogP contribution in [0.5, 0.6) is 0 Å². The van der Waals surface area contributed by atoms with E-state index in [4.69, 9.17) is 9.73 Å². The van der Waals surface area contributed by atoms with E-state index < -0.39 is 0 Å². The van der Waals surface area contributed by atoms with Gasteiger partial charge in [-0.1, -0.05) is 6.07 Å². The molecule has 1 aromatic heterocycles. The van der Waals surface area contributed by atoms with Gasteiger partial charge in [-0.05, 0) is 74.3 Å². The van der Waals surface area contributed by atoms with Gasteiger partial charge in [0.1, 0.15) is 5.82 Å². The highest BCUT2D eigenvalue weighted by Crippen LogP contribution is 2.33. The monoisotopic (exact) mass is 504 g/mol. The summed E-state index contributed by atoms with van der Waals surface area (Å²) in [5.41, 5.74) is 8.25. The van der Waals surface area contributed by atoms with Gasteiger partial charge in [0.15, 0.2) is 5.84 Å². The number of carbonyl (C=O) groups is 1. The van der Waals surface area contributed by atoms with Gasteiger partial charge in [-0.15, -0.1) is 0 Å². The van der Waals surface area contributed by atoms with Gasteiger partial charge in [-0.3, -0.25) is 14.7 Å². The summed E-state index contributed by atoms with van der Waals surface area (Å²) in [7, 11) is 1.50. The van der Waals surface area contributed by atoms with Gasteiger partial charge in [0.05, 0.1) is 18.9 Å². The number of nitrogens with two attached hydrogens (primary N) is 1. The molecule has 0 bridgehead atoms. The van der Waals surface area contributed by atoms with Crippen LogP contribution in [-0.4, -0.2) is 74.8 Å². The highest BCUT2D eigenvalue weighted by Gasteiger charge is 2.15. The van der Waals surface area contributed by atoms with Crippen molar-refractivity contribution in [2.24, 2.45) is 15.7 Å². The second-order valence-corrected chi connectivity index (χ2v) is 8.24. The van der Waals surface area contributed by atoms with Crippen LogP contribution in [0.1, 0.15) is 21.5 Å². The Morgan fingerprint density at radius 2 is 1.95 bits per heavy atom. The number of amidine groups is 1. The number of pyridine rings is 1. The molecule has 1 amide bonds. The van der Waals surface area contributed by atoms with Gasteiger partial charge < -0.3 is 15.8 Å². The predicted octanol–water partition coefficient (Wildman–Crippen LogP) is 3.61. The zero-order valence-corrected chi connectivity index (χ0v) is 21.3. The molecule has 194 valence electrons. The van der Waals surface area contributed by atoms with Crippen molar-refractivity contribution in [3.05, 3.63) is 83.4 Å². The number of carbonyl (C=O) groups excluding carboxylic acids is 1. The molecule has 9 heteroatoms. The van der Waals surface area contributed by atoms with Crippen molar-refractivity contribution in [1.29, 1.82) is 0 Å². The van der Waals surface area contributed by atoms with Crippen LogP contribution >= 0.6 is 0 Å². The van der Waals surface area contributed by atoms with Crippen molar-refractivity contribution < 1.29 is 13.9 Å². The number of morpholine rings is 1. The Hall–Kier alpha value is -3.79. The van der Waals surface area contributed by atoms with Gasteiger partial charge in [-0.25, -0.2) is 14.4 Å². The average Bonchev–Trinajstić information content (AvgIpc) is 2.95. The molecule has 0 unspecified atom stereocenters. The SMILES string of the molecule is C=NC(=Nc1ccc(C(=O)NCCN2CCOCC2)cc1-c1ccc(F)c(C)c1)c1cccnc1.CN. The van der Waals surface area contributed by atoms with Gasteiger partial charge >= 0.3 is 0 Å². The molecule has 1 saturated heterocycles. The molecule has 0 atom stereocenters. The lowest BCUT2D eigenvalue weighted by Gasteiger charge is -2.26. The van der Waals surface area contributed by atoms with Crippen molar-refractivity contribution in [3.8, 4) is 11.1 Å². The summed E-state index contributed by atoms with van der Waals surface area (Å²) in [6.45, 7) is 9.83. The maximum absolute atomic E-state index is 14.0. The average molecular weight is 505 g/mol. The lowest BCUT2D eigenvalue weighted by Crippen LogP contribution is -2.41. The fraction of sp³-hybridized carbons (Fsp3) is 0.286. The maximum Gasteiger partial charge on any atom is 0.251 e. The van der Waals surface area contributed by atoms with Crippen LogP contribution in [0.3, 0.4) is 0 Å². The number of halogens is 1. The lowest BCUT2D eigenvalue weighted by molar-refractivity contribution is 0.0383. The van der Waals surface area contributed by atoms with E-state index in [0.717, 1.165) is 38.4 Å². The number of aliphatic imine (C=N–C) groups is 2. The smallest absolute Gasteiger partial charge is 0.251 e. The normalized spacial score (nSPS) is 13.9. The minimum atomic E-state index is -0.292. The summed E-state index contributed by atoms with van der Waals surface area (Å²) < 4.78 is 19.3. The number of nitrogens with one attached hydrogen (secondary N) is 1. The number of benzene rings is 2. The van der Waals surface area contributed by atoms with Crippen LogP contribution in [0.25, 0.3) is 11.1 Å². The molecule has 4 rings (SSSR count). The van der Waals surface area contributed by atoms with Crippen molar-refractivity contribution in [1.82, 2.24) is 15.2 Å². The van der Waals surface area contributed by atoms with Crippen LogP contribution in [-0.2, 0) is 4.74 Å². The van der Waals surface area contributed by atoms with E-state index in [1.165, 1.54) is 13.1 Å². The fourth-order valence-electron chi connectivity index (χ4n) is 3.87. The first-order valence-electron chi connectivity index (χ1n) is 12.1. The van der Waals surface area contributed by atoms with Gasteiger partial charge in [-0.2, -0.15) is 0 Å². The Bertz CT molecular complexity index is 1230. The molecule has 0 saturated carbocycles. The molecule has 0 radical (unpaired) electrons. The van der Waals surface area contributed by atoms with Crippen LogP contribution in [0.15, 0.2) is 70.9 Å². The van der Waals surface area contributed by atoms with E-state index >= 15 is 0 Å². The number of ether oxygens (including phenoxy) is 1. The second kappa shape index (κ2) is 14.1. The predicted molar refractivity (Wildman–Crippen MR) is 146 cm³/mol. The van der Waals surface area contributed by atoms with Crippen LogP contribution < -0.4 is 11.1 Å². The Kier molecular flexibility index (Phi) is 10.6. The number of hydrogen-bond acceptors (Lipinski definition) is 6.